The highest BCUT2D eigenvalue weighted by atomic mass is 19.1. The second kappa shape index (κ2) is 4.73. The molecule has 0 aliphatic rings. The fourth-order valence-corrected chi connectivity index (χ4v) is 1.11. The quantitative estimate of drug-likeness (QED) is 0.799. The Labute approximate surface area is 90.1 Å². The van der Waals surface area contributed by atoms with Crippen molar-refractivity contribution in [3.8, 4) is 0 Å². The molecule has 0 heterocycles. The number of benzene rings is 1. The lowest BCUT2D eigenvalue weighted by Crippen LogP contribution is -2.47. The molecule has 2 nitrogen and oxygen atoms in total. The maximum absolute atomic E-state index is 13.3. The Hall–Kier alpha value is -0.930. The summed E-state index contributed by atoms with van der Waals surface area (Å²) in [6.07, 6.45) is -0.482. The summed E-state index contributed by atoms with van der Waals surface area (Å²) >= 11 is 0. The van der Waals surface area contributed by atoms with Gasteiger partial charge in [0.25, 0.3) is 0 Å². The zero-order valence-electron chi connectivity index (χ0n) is 9.42. The zero-order valence-corrected chi connectivity index (χ0v) is 9.42. The first-order valence-corrected chi connectivity index (χ1v) is 5.10. The predicted molar refractivity (Wildman–Crippen MR) is 59.0 cm³/mol. The Morgan fingerprint density at radius 3 is 2.53 bits per heavy atom. The smallest absolute Gasteiger partial charge is 0.127 e. The summed E-state index contributed by atoms with van der Waals surface area (Å²) in [6.45, 7) is 5.91. The largest absolute Gasteiger partial charge is 0.392 e. The normalized spacial score (nSPS) is 13.9. The zero-order chi connectivity index (χ0) is 11.5. The van der Waals surface area contributed by atoms with Crippen molar-refractivity contribution >= 4 is 0 Å². The van der Waals surface area contributed by atoms with Crippen molar-refractivity contribution < 1.29 is 9.50 Å². The molecule has 0 fully saturated rings. The monoisotopic (exact) mass is 211 g/mol. The van der Waals surface area contributed by atoms with E-state index in [4.69, 9.17) is 0 Å². The van der Waals surface area contributed by atoms with Gasteiger partial charge in [-0.2, -0.15) is 0 Å². The van der Waals surface area contributed by atoms with Gasteiger partial charge < -0.3 is 10.4 Å². The first kappa shape index (κ1) is 12.1. The molecule has 1 aromatic rings. The molecule has 84 valence electrons. The third-order valence-electron chi connectivity index (χ3n) is 2.74. The Bertz CT molecular complexity index is 323. The van der Waals surface area contributed by atoms with Crippen molar-refractivity contribution in [2.75, 3.05) is 0 Å². The molecular weight excluding hydrogens is 193 g/mol. The van der Waals surface area contributed by atoms with Crippen LogP contribution in [0, 0.1) is 5.82 Å². The minimum absolute atomic E-state index is 0.216. The van der Waals surface area contributed by atoms with E-state index >= 15 is 0 Å². The van der Waals surface area contributed by atoms with Gasteiger partial charge in [-0.25, -0.2) is 4.39 Å². The molecule has 0 radical (unpaired) electrons. The molecule has 1 rings (SSSR count). The lowest BCUT2D eigenvalue weighted by Gasteiger charge is -2.29. The van der Waals surface area contributed by atoms with Crippen LogP contribution in [0.2, 0.25) is 0 Å². The maximum atomic E-state index is 13.3. The fraction of sp³-hybridized carbons (Fsp3) is 0.500. The van der Waals surface area contributed by atoms with E-state index in [1.807, 2.05) is 13.8 Å². The summed E-state index contributed by atoms with van der Waals surface area (Å²) in [5, 5.41) is 12.6. The Kier molecular flexibility index (Phi) is 3.83. The Balaban J connectivity index is 2.62. The van der Waals surface area contributed by atoms with E-state index in [0.29, 0.717) is 12.1 Å². The third-order valence-corrected chi connectivity index (χ3v) is 2.74. The topological polar surface area (TPSA) is 32.3 Å². The third kappa shape index (κ3) is 3.29. The molecule has 1 unspecified atom stereocenters. The van der Waals surface area contributed by atoms with E-state index in [9.17, 15) is 9.50 Å². The molecule has 1 atom stereocenters. The van der Waals surface area contributed by atoms with E-state index < -0.39 is 11.6 Å². The lowest BCUT2D eigenvalue weighted by atomic mass is 9.98. The van der Waals surface area contributed by atoms with Crippen molar-refractivity contribution in [2.45, 2.75) is 39.0 Å². The molecule has 0 aromatic heterocycles. The van der Waals surface area contributed by atoms with E-state index in [1.165, 1.54) is 6.07 Å². The summed E-state index contributed by atoms with van der Waals surface area (Å²) in [5.41, 5.74) is 0.202. The van der Waals surface area contributed by atoms with Crippen molar-refractivity contribution in [3.63, 3.8) is 0 Å². The molecule has 0 aliphatic heterocycles. The Morgan fingerprint density at radius 1 is 1.40 bits per heavy atom. The molecule has 0 amide bonds. The van der Waals surface area contributed by atoms with Crippen LogP contribution in [0.25, 0.3) is 0 Å². The van der Waals surface area contributed by atoms with Crippen LogP contribution in [0.15, 0.2) is 24.3 Å². The lowest BCUT2D eigenvalue weighted by molar-refractivity contribution is 0.0954. The van der Waals surface area contributed by atoms with E-state index in [2.05, 4.69) is 5.32 Å². The van der Waals surface area contributed by atoms with Crippen molar-refractivity contribution in [1.29, 1.82) is 0 Å². The number of hydrogen-bond acceptors (Lipinski definition) is 2. The van der Waals surface area contributed by atoms with Crippen molar-refractivity contribution in [3.05, 3.63) is 35.6 Å². The minimum atomic E-state index is -0.482. The SMILES string of the molecule is CC(O)C(C)(C)NCc1ccccc1F. The molecular formula is C12H18FNO. The number of nitrogens with one attached hydrogen (secondary N) is 1. The number of aliphatic hydroxyl groups is 1. The van der Waals surface area contributed by atoms with Gasteiger partial charge in [-0.3, -0.25) is 0 Å². The summed E-state index contributed by atoms with van der Waals surface area (Å²) in [7, 11) is 0. The number of hydrogen-bond donors (Lipinski definition) is 2. The van der Waals surface area contributed by atoms with Gasteiger partial charge in [0.15, 0.2) is 0 Å². The summed E-state index contributed by atoms with van der Waals surface area (Å²) < 4.78 is 13.3. The second-order valence-corrected chi connectivity index (χ2v) is 4.34. The van der Waals surface area contributed by atoms with Crippen LogP contribution in [0.3, 0.4) is 0 Å². The van der Waals surface area contributed by atoms with Gasteiger partial charge in [0, 0.05) is 17.6 Å². The first-order chi connectivity index (χ1) is 6.93. The number of halogens is 1. The van der Waals surface area contributed by atoms with E-state index in [0.717, 1.165) is 0 Å². The van der Waals surface area contributed by atoms with Crippen LogP contribution in [0.1, 0.15) is 26.3 Å². The molecule has 0 bridgehead atoms. The Morgan fingerprint density at radius 2 is 2.00 bits per heavy atom. The highest BCUT2D eigenvalue weighted by molar-refractivity contribution is 5.17. The van der Waals surface area contributed by atoms with Crippen LogP contribution >= 0.6 is 0 Å². The van der Waals surface area contributed by atoms with Crippen LogP contribution in [0.4, 0.5) is 4.39 Å². The van der Waals surface area contributed by atoms with Crippen LogP contribution in [-0.4, -0.2) is 16.7 Å². The molecule has 0 aliphatic carbocycles. The molecule has 3 heteroatoms. The number of rotatable bonds is 4. The fourth-order valence-electron chi connectivity index (χ4n) is 1.11. The van der Waals surface area contributed by atoms with E-state index in [-0.39, 0.29) is 5.82 Å². The van der Waals surface area contributed by atoms with Crippen LogP contribution < -0.4 is 5.32 Å². The highest BCUT2D eigenvalue weighted by Gasteiger charge is 2.23. The van der Waals surface area contributed by atoms with Crippen LogP contribution in [0.5, 0.6) is 0 Å². The van der Waals surface area contributed by atoms with Crippen molar-refractivity contribution in [2.24, 2.45) is 0 Å². The van der Waals surface area contributed by atoms with Gasteiger partial charge in [0.05, 0.1) is 6.10 Å². The average Bonchev–Trinajstić information content (AvgIpc) is 2.16. The molecule has 15 heavy (non-hydrogen) atoms. The first-order valence-electron chi connectivity index (χ1n) is 5.10. The molecule has 0 spiro atoms. The highest BCUT2D eigenvalue weighted by Crippen LogP contribution is 2.12. The van der Waals surface area contributed by atoms with Gasteiger partial charge in [0.2, 0.25) is 0 Å². The summed E-state index contributed by atoms with van der Waals surface area (Å²) in [5.74, 6) is -0.216. The molecule has 0 saturated carbocycles. The van der Waals surface area contributed by atoms with Crippen LogP contribution in [-0.2, 0) is 6.54 Å². The van der Waals surface area contributed by atoms with Crippen molar-refractivity contribution in [1.82, 2.24) is 5.32 Å². The molecule has 0 saturated heterocycles. The van der Waals surface area contributed by atoms with Gasteiger partial charge >= 0.3 is 0 Å². The van der Waals surface area contributed by atoms with Gasteiger partial charge in [-0.1, -0.05) is 18.2 Å². The van der Waals surface area contributed by atoms with Gasteiger partial charge in [0.1, 0.15) is 5.82 Å². The average molecular weight is 211 g/mol. The summed E-state index contributed by atoms with van der Waals surface area (Å²) in [4.78, 5) is 0. The van der Waals surface area contributed by atoms with E-state index in [1.54, 1.807) is 25.1 Å². The molecule has 2 N–H and O–H groups in total. The summed E-state index contributed by atoms with van der Waals surface area (Å²) in [6, 6.07) is 6.64. The predicted octanol–water partition coefficient (Wildman–Crippen LogP) is 2.07. The molecule has 1 aromatic carbocycles. The minimum Gasteiger partial charge on any atom is -0.392 e. The standard InChI is InChI=1S/C12H18FNO/c1-9(15)12(2,3)14-8-10-6-4-5-7-11(10)13/h4-7,9,14-15H,8H2,1-3H3. The number of aliphatic hydroxyl groups excluding tert-OH is 1. The van der Waals surface area contributed by atoms with Gasteiger partial charge in [-0.05, 0) is 26.8 Å². The van der Waals surface area contributed by atoms with Gasteiger partial charge in [-0.15, -0.1) is 0 Å². The second-order valence-electron chi connectivity index (χ2n) is 4.34. The maximum Gasteiger partial charge on any atom is 0.127 e.